The molecule has 0 unspecified atom stereocenters. The van der Waals surface area contributed by atoms with E-state index in [1.165, 1.54) is 0 Å². The van der Waals surface area contributed by atoms with Crippen molar-refractivity contribution >= 4 is 16.9 Å². The highest BCUT2D eigenvalue weighted by Gasteiger charge is 2.19. The summed E-state index contributed by atoms with van der Waals surface area (Å²) in [6.07, 6.45) is 0.709. The molecule has 0 aliphatic heterocycles. The Kier molecular flexibility index (Phi) is 5.99. The molecule has 0 bridgehead atoms. The second-order valence-electron chi connectivity index (χ2n) is 6.33. The second-order valence-corrected chi connectivity index (χ2v) is 6.33. The van der Waals surface area contributed by atoms with Gasteiger partial charge in [-0.2, -0.15) is 0 Å². The van der Waals surface area contributed by atoms with Crippen LogP contribution in [0.5, 0.6) is 11.5 Å². The third-order valence-corrected chi connectivity index (χ3v) is 4.16. The van der Waals surface area contributed by atoms with E-state index < -0.39 is 5.97 Å². The van der Waals surface area contributed by atoms with Crippen molar-refractivity contribution in [3.05, 3.63) is 58.3 Å². The summed E-state index contributed by atoms with van der Waals surface area (Å²) in [7, 11) is 1.57. The lowest BCUT2D eigenvalue weighted by atomic mass is 10.1. The molecule has 2 aromatic carbocycles. The maximum Gasteiger partial charge on any atom is 0.344 e. The van der Waals surface area contributed by atoms with Gasteiger partial charge in [0.1, 0.15) is 11.3 Å². The van der Waals surface area contributed by atoms with E-state index >= 15 is 0 Å². The third-order valence-electron chi connectivity index (χ3n) is 4.16. The number of benzene rings is 2. The molecule has 3 rings (SSSR count). The van der Waals surface area contributed by atoms with Crippen LogP contribution in [-0.2, 0) is 9.53 Å². The topological polar surface area (TPSA) is 75.0 Å². The van der Waals surface area contributed by atoms with Crippen LogP contribution < -0.4 is 14.9 Å². The third kappa shape index (κ3) is 4.17. The zero-order valence-electron chi connectivity index (χ0n) is 16.1. The van der Waals surface area contributed by atoms with Gasteiger partial charge in [0.05, 0.1) is 19.1 Å². The lowest BCUT2D eigenvalue weighted by Crippen LogP contribution is -2.19. The van der Waals surface area contributed by atoms with Gasteiger partial charge in [-0.3, -0.25) is 4.79 Å². The van der Waals surface area contributed by atoms with Crippen molar-refractivity contribution < 1.29 is 23.4 Å². The molecule has 6 nitrogen and oxygen atoms in total. The summed E-state index contributed by atoms with van der Waals surface area (Å²) in [5.74, 6) is 0.378. The summed E-state index contributed by atoms with van der Waals surface area (Å²) in [5.41, 5.74) is 1.72. The average Bonchev–Trinajstić information content (AvgIpc) is 2.71. The number of carbonyl (C=O) groups is 1. The maximum absolute atomic E-state index is 13.0. The van der Waals surface area contributed by atoms with Gasteiger partial charge in [-0.05, 0) is 55.3 Å². The fourth-order valence-electron chi connectivity index (χ4n) is 2.74. The number of aryl methyl sites for hydroxylation is 1. The molecule has 0 aliphatic rings. The minimum atomic E-state index is -0.536. The molecule has 0 radical (unpaired) electrons. The van der Waals surface area contributed by atoms with Gasteiger partial charge in [0.2, 0.25) is 11.2 Å². The first-order valence-corrected chi connectivity index (χ1v) is 9.03. The molecular formula is C22H22O6. The summed E-state index contributed by atoms with van der Waals surface area (Å²) < 4.78 is 21.8. The molecule has 0 N–H and O–H groups in total. The highest BCUT2D eigenvalue weighted by molar-refractivity contribution is 5.83. The summed E-state index contributed by atoms with van der Waals surface area (Å²) in [5, 5.41) is 0.389. The van der Waals surface area contributed by atoms with Gasteiger partial charge in [-0.1, -0.05) is 13.0 Å². The lowest BCUT2D eigenvalue weighted by molar-refractivity contribution is -0.146. The number of rotatable bonds is 7. The van der Waals surface area contributed by atoms with Crippen molar-refractivity contribution in [3.63, 3.8) is 0 Å². The van der Waals surface area contributed by atoms with E-state index in [-0.39, 0.29) is 23.5 Å². The van der Waals surface area contributed by atoms with Crippen LogP contribution in [0.3, 0.4) is 0 Å². The summed E-state index contributed by atoms with van der Waals surface area (Å²) >= 11 is 0. The van der Waals surface area contributed by atoms with E-state index in [9.17, 15) is 9.59 Å². The van der Waals surface area contributed by atoms with Crippen LogP contribution in [0.2, 0.25) is 0 Å². The fraction of sp³-hybridized carbons (Fsp3) is 0.273. The van der Waals surface area contributed by atoms with Gasteiger partial charge in [0, 0.05) is 5.56 Å². The van der Waals surface area contributed by atoms with Crippen LogP contribution in [0.15, 0.2) is 51.7 Å². The highest BCUT2D eigenvalue weighted by atomic mass is 16.6. The number of hydrogen-bond acceptors (Lipinski definition) is 6. The van der Waals surface area contributed by atoms with Crippen molar-refractivity contribution in [2.24, 2.45) is 0 Å². The second kappa shape index (κ2) is 8.61. The Labute approximate surface area is 162 Å². The molecule has 0 saturated heterocycles. The number of fused-ring (bicyclic) bond motifs is 1. The Balaban J connectivity index is 2.07. The van der Waals surface area contributed by atoms with E-state index in [4.69, 9.17) is 18.6 Å². The Morgan fingerprint density at radius 1 is 1.11 bits per heavy atom. The summed E-state index contributed by atoms with van der Waals surface area (Å²) in [4.78, 5) is 24.9. The zero-order chi connectivity index (χ0) is 20.1. The maximum atomic E-state index is 13.0. The Hall–Kier alpha value is -3.28. The molecule has 6 heteroatoms. The van der Waals surface area contributed by atoms with Crippen LogP contribution in [0, 0.1) is 6.92 Å². The smallest absolute Gasteiger partial charge is 0.344 e. The minimum absolute atomic E-state index is 0.0185. The monoisotopic (exact) mass is 382 g/mol. The quantitative estimate of drug-likeness (QED) is 0.573. The van der Waals surface area contributed by atoms with Crippen molar-refractivity contribution in [2.75, 3.05) is 20.3 Å². The number of ether oxygens (including phenoxy) is 3. The average molecular weight is 382 g/mol. The molecule has 0 aliphatic carbocycles. The molecule has 0 saturated carbocycles. The summed E-state index contributed by atoms with van der Waals surface area (Å²) in [6, 6.07) is 12.4. The SMILES string of the molecule is CCCOC(=O)COc1c(-c2ccc(OC)cc2)oc2cc(C)ccc2c1=O. The van der Waals surface area contributed by atoms with Crippen molar-refractivity contribution in [3.8, 4) is 22.8 Å². The molecule has 0 spiro atoms. The van der Waals surface area contributed by atoms with E-state index in [0.29, 0.717) is 35.3 Å². The van der Waals surface area contributed by atoms with Crippen LogP contribution in [0.1, 0.15) is 18.9 Å². The van der Waals surface area contributed by atoms with Crippen molar-refractivity contribution in [1.82, 2.24) is 0 Å². The van der Waals surface area contributed by atoms with E-state index in [2.05, 4.69) is 0 Å². The normalized spacial score (nSPS) is 10.7. The molecule has 1 aromatic heterocycles. The van der Waals surface area contributed by atoms with Gasteiger partial charge in [-0.15, -0.1) is 0 Å². The van der Waals surface area contributed by atoms with Crippen LogP contribution in [0.25, 0.3) is 22.3 Å². The van der Waals surface area contributed by atoms with E-state index in [0.717, 1.165) is 5.56 Å². The van der Waals surface area contributed by atoms with Crippen molar-refractivity contribution in [1.29, 1.82) is 0 Å². The van der Waals surface area contributed by atoms with Crippen LogP contribution in [0.4, 0.5) is 0 Å². The van der Waals surface area contributed by atoms with Gasteiger partial charge < -0.3 is 18.6 Å². The van der Waals surface area contributed by atoms with Gasteiger partial charge >= 0.3 is 5.97 Å². The summed E-state index contributed by atoms with van der Waals surface area (Å²) in [6.45, 7) is 3.75. The minimum Gasteiger partial charge on any atom is -0.497 e. The largest absolute Gasteiger partial charge is 0.497 e. The van der Waals surface area contributed by atoms with Gasteiger partial charge in [0.15, 0.2) is 12.4 Å². The predicted octanol–water partition coefficient (Wildman–Crippen LogP) is 4.11. The Morgan fingerprint density at radius 2 is 1.86 bits per heavy atom. The van der Waals surface area contributed by atoms with Crippen LogP contribution >= 0.6 is 0 Å². The molecule has 28 heavy (non-hydrogen) atoms. The first kappa shape index (κ1) is 19.5. The standard InChI is InChI=1S/C22H22O6/c1-4-11-26-19(23)13-27-22-20(24)17-10-5-14(2)12-18(17)28-21(22)15-6-8-16(25-3)9-7-15/h5-10,12H,4,11,13H2,1-3H3. The zero-order valence-corrected chi connectivity index (χ0v) is 16.1. The van der Waals surface area contributed by atoms with Gasteiger partial charge in [-0.25, -0.2) is 4.79 Å². The molecule has 0 amide bonds. The van der Waals surface area contributed by atoms with E-state index in [1.54, 1.807) is 43.5 Å². The van der Waals surface area contributed by atoms with Gasteiger partial charge in [0.25, 0.3) is 0 Å². The molecule has 1 heterocycles. The lowest BCUT2D eigenvalue weighted by Gasteiger charge is -2.12. The molecular weight excluding hydrogens is 360 g/mol. The van der Waals surface area contributed by atoms with Crippen LogP contribution in [-0.4, -0.2) is 26.3 Å². The number of carbonyl (C=O) groups excluding carboxylic acids is 1. The van der Waals surface area contributed by atoms with Crippen molar-refractivity contribution in [2.45, 2.75) is 20.3 Å². The first-order valence-electron chi connectivity index (χ1n) is 9.03. The molecule has 0 fully saturated rings. The Bertz CT molecular complexity index is 1030. The number of esters is 1. The predicted molar refractivity (Wildman–Crippen MR) is 106 cm³/mol. The van der Waals surface area contributed by atoms with E-state index in [1.807, 2.05) is 19.9 Å². The number of methoxy groups -OCH3 is 1. The molecule has 0 atom stereocenters. The Morgan fingerprint density at radius 3 is 2.54 bits per heavy atom. The molecule has 146 valence electrons. The highest BCUT2D eigenvalue weighted by Crippen LogP contribution is 2.32. The molecule has 3 aromatic rings. The fourth-order valence-corrected chi connectivity index (χ4v) is 2.74. The number of hydrogen-bond donors (Lipinski definition) is 0. The first-order chi connectivity index (χ1) is 13.5.